The molecule has 6 heteroatoms. The largest absolute Gasteiger partial charge is 0.450 e. The molecule has 2 aromatic heterocycles. The van der Waals surface area contributed by atoms with Crippen molar-refractivity contribution >= 4 is 33.8 Å². The summed E-state index contributed by atoms with van der Waals surface area (Å²) in [5, 5.41) is 4.12. The molecule has 1 atom stereocenters. The molecule has 0 spiro atoms. The molecule has 3 heterocycles. The van der Waals surface area contributed by atoms with Gasteiger partial charge in [0.15, 0.2) is 11.4 Å². The van der Waals surface area contributed by atoms with Gasteiger partial charge in [0.25, 0.3) is 0 Å². The minimum absolute atomic E-state index is 0.0110. The number of para-hydroxylation sites is 1. The Morgan fingerprint density at radius 2 is 2.12 bits per heavy atom. The zero-order valence-electron chi connectivity index (χ0n) is 14.6. The van der Waals surface area contributed by atoms with Crippen LogP contribution in [0, 0.1) is 11.8 Å². The minimum atomic E-state index is 0.0110. The molecule has 1 amide bonds. The number of rotatable bonds is 4. The summed E-state index contributed by atoms with van der Waals surface area (Å²) in [5.74, 6) is 1.69. The molecule has 26 heavy (non-hydrogen) atoms. The standard InChI is InChI=1S/C20H22N4O2/c25-20(21-10-13-7-8-13)14-4-3-9-24(11-14)19-18-17(22-12-23-19)15-5-1-2-6-16(15)26-18/h1-2,5-6,12-14H,3-4,7-11H2,(H,21,25). The van der Waals surface area contributed by atoms with E-state index in [4.69, 9.17) is 4.42 Å². The zero-order chi connectivity index (χ0) is 17.5. The third-order valence-corrected chi connectivity index (χ3v) is 5.49. The van der Waals surface area contributed by atoms with Crippen molar-refractivity contribution in [2.45, 2.75) is 25.7 Å². The molecule has 1 aliphatic carbocycles. The highest BCUT2D eigenvalue weighted by Crippen LogP contribution is 2.34. The molecular formula is C20H22N4O2. The molecule has 0 radical (unpaired) electrons. The fraction of sp³-hybridized carbons (Fsp3) is 0.450. The smallest absolute Gasteiger partial charge is 0.224 e. The number of piperidine rings is 1. The fourth-order valence-corrected chi connectivity index (χ4v) is 3.83. The molecule has 0 bridgehead atoms. The molecule has 2 aliphatic rings. The first-order valence-corrected chi connectivity index (χ1v) is 9.44. The number of hydrogen-bond acceptors (Lipinski definition) is 5. The molecule has 1 N–H and O–H groups in total. The Morgan fingerprint density at radius 3 is 3.00 bits per heavy atom. The molecule has 1 saturated heterocycles. The van der Waals surface area contributed by atoms with Gasteiger partial charge in [0.2, 0.25) is 5.91 Å². The molecule has 1 aliphatic heterocycles. The van der Waals surface area contributed by atoms with Crippen LogP contribution in [0.3, 0.4) is 0 Å². The highest BCUT2D eigenvalue weighted by atomic mass is 16.3. The topological polar surface area (TPSA) is 71.3 Å². The highest BCUT2D eigenvalue weighted by Gasteiger charge is 2.30. The van der Waals surface area contributed by atoms with Gasteiger partial charge in [-0.15, -0.1) is 0 Å². The van der Waals surface area contributed by atoms with E-state index in [0.29, 0.717) is 18.0 Å². The van der Waals surface area contributed by atoms with Crippen molar-refractivity contribution in [2.75, 3.05) is 24.5 Å². The molecular weight excluding hydrogens is 328 g/mol. The summed E-state index contributed by atoms with van der Waals surface area (Å²) in [4.78, 5) is 23.6. The molecule has 1 aromatic carbocycles. The molecule has 1 unspecified atom stereocenters. The van der Waals surface area contributed by atoms with Crippen LogP contribution in [0.4, 0.5) is 5.82 Å². The van der Waals surface area contributed by atoms with Crippen molar-refractivity contribution in [2.24, 2.45) is 11.8 Å². The van der Waals surface area contributed by atoms with Crippen LogP contribution in [0.5, 0.6) is 0 Å². The number of carbonyl (C=O) groups is 1. The van der Waals surface area contributed by atoms with Crippen molar-refractivity contribution in [3.8, 4) is 0 Å². The Morgan fingerprint density at radius 1 is 1.23 bits per heavy atom. The van der Waals surface area contributed by atoms with Crippen molar-refractivity contribution in [1.82, 2.24) is 15.3 Å². The summed E-state index contributed by atoms with van der Waals surface area (Å²) in [5.41, 5.74) is 2.37. The van der Waals surface area contributed by atoms with E-state index in [9.17, 15) is 4.79 Å². The van der Waals surface area contributed by atoms with Gasteiger partial charge in [-0.05, 0) is 43.7 Å². The van der Waals surface area contributed by atoms with Gasteiger partial charge in [0, 0.05) is 25.0 Å². The van der Waals surface area contributed by atoms with Crippen LogP contribution in [0.1, 0.15) is 25.7 Å². The number of amides is 1. The Bertz CT molecular complexity index is 963. The fourth-order valence-electron chi connectivity index (χ4n) is 3.83. The summed E-state index contributed by atoms with van der Waals surface area (Å²) in [6.45, 7) is 2.39. The van der Waals surface area contributed by atoms with Crippen molar-refractivity contribution in [3.63, 3.8) is 0 Å². The maximum absolute atomic E-state index is 12.5. The van der Waals surface area contributed by atoms with E-state index in [1.54, 1.807) is 6.33 Å². The average Bonchev–Trinajstić information content (AvgIpc) is 3.44. The lowest BCUT2D eigenvalue weighted by Crippen LogP contribution is -2.43. The molecule has 1 saturated carbocycles. The summed E-state index contributed by atoms with van der Waals surface area (Å²) in [6.07, 6.45) is 6.01. The Labute approximate surface area is 151 Å². The van der Waals surface area contributed by atoms with Crippen molar-refractivity contribution in [3.05, 3.63) is 30.6 Å². The number of benzene rings is 1. The van der Waals surface area contributed by atoms with Crippen LogP contribution in [-0.4, -0.2) is 35.5 Å². The second kappa shape index (κ2) is 6.27. The second-order valence-corrected chi connectivity index (χ2v) is 7.45. The predicted molar refractivity (Wildman–Crippen MR) is 100.0 cm³/mol. The second-order valence-electron chi connectivity index (χ2n) is 7.45. The monoisotopic (exact) mass is 350 g/mol. The molecule has 5 rings (SSSR count). The average molecular weight is 350 g/mol. The van der Waals surface area contributed by atoms with Gasteiger partial charge in [-0.25, -0.2) is 9.97 Å². The minimum Gasteiger partial charge on any atom is -0.450 e. The van der Waals surface area contributed by atoms with Crippen LogP contribution >= 0.6 is 0 Å². The van der Waals surface area contributed by atoms with Gasteiger partial charge in [0.05, 0.1) is 5.92 Å². The van der Waals surface area contributed by atoms with E-state index < -0.39 is 0 Å². The lowest BCUT2D eigenvalue weighted by Gasteiger charge is -2.32. The number of aromatic nitrogens is 2. The third-order valence-electron chi connectivity index (χ3n) is 5.49. The highest BCUT2D eigenvalue weighted by molar-refractivity contribution is 6.05. The van der Waals surface area contributed by atoms with Crippen molar-refractivity contribution < 1.29 is 9.21 Å². The SMILES string of the molecule is O=C(NCC1CC1)C1CCCN(c2ncnc3c2oc2ccccc23)C1. The van der Waals surface area contributed by atoms with E-state index in [-0.39, 0.29) is 11.8 Å². The van der Waals surface area contributed by atoms with Crippen LogP contribution in [0.2, 0.25) is 0 Å². The quantitative estimate of drug-likeness (QED) is 0.783. The van der Waals surface area contributed by atoms with E-state index in [0.717, 1.165) is 48.2 Å². The van der Waals surface area contributed by atoms with Gasteiger partial charge in [-0.2, -0.15) is 0 Å². The molecule has 3 aromatic rings. The van der Waals surface area contributed by atoms with E-state index >= 15 is 0 Å². The van der Waals surface area contributed by atoms with Gasteiger partial charge in [0.1, 0.15) is 17.4 Å². The molecule has 2 fully saturated rings. The first kappa shape index (κ1) is 15.6. The molecule has 134 valence electrons. The Balaban J connectivity index is 1.42. The number of furan rings is 1. The number of carbonyl (C=O) groups excluding carboxylic acids is 1. The van der Waals surface area contributed by atoms with Crippen LogP contribution in [0.15, 0.2) is 35.0 Å². The first-order valence-electron chi connectivity index (χ1n) is 9.44. The Hall–Kier alpha value is -2.63. The first-order chi connectivity index (χ1) is 12.8. The maximum atomic E-state index is 12.5. The number of fused-ring (bicyclic) bond motifs is 3. The summed E-state index contributed by atoms with van der Waals surface area (Å²) in [6, 6.07) is 7.91. The number of hydrogen-bond donors (Lipinski definition) is 1. The zero-order valence-corrected chi connectivity index (χ0v) is 14.6. The number of nitrogens with one attached hydrogen (secondary N) is 1. The van der Waals surface area contributed by atoms with E-state index in [2.05, 4.69) is 20.2 Å². The van der Waals surface area contributed by atoms with Gasteiger partial charge in [-0.3, -0.25) is 4.79 Å². The van der Waals surface area contributed by atoms with Crippen LogP contribution in [-0.2, 0) is 4.79 Å². The number of anilines is 1. The lowest BCUT2D eigenvalue weighted by molar-refractivity contribution is -0.125. The third kappa shape index (κ3) is 2.79. The summed E-state index contributed by atoms with van der Waals surface area (Å²) in [7, 11) is 0. The van der Waals surface area contributed by atoms with E-state index in [1.807, 2.05) is 24.3 Å². The van der Waals surface area contributed by atoms with E-state index in [1.165, 1.54) is 12.8 Å². The van der Waals surface area contributed by atoms with Crippen LogP contribution in [0.25, 0.3) is 22.1 Å². The van der Waals surface area contributed by atoms with Gasteiger partial charge in [-0.1, -0.05) is 12.1 Å². The van der Waals surface area contributed by atoms with Crippen LogP contribution < -0.4 is 10.2 Å². The van der Waals surface area contributed by atoms with Gasteiger partial charge >= 0.3 is 0 Å². The van der Waals surface area contributed by atoms with Crippen molar-refractivity contribution in [1.29, 1.82) is 0 Å². The number of nitrogens with zero attached hydrogens (tertiary/aromatic N) is 3. The summed E-state index contributed by atoms with van der Waals surface area (Å²) < 4.78 is 6.05. The normalized spacial score (nSPS) is 20.6. The Kier molecular flexibility index (Phi) is 3.76. The van der Waals surface area contributed by atoms with Gasteiger partial charge < -0.3 is 14.6 Å². The molecule has 6 nitrogen and oxygen atoms in total. The summed E-state index contributed by atoms with van der Waals surface area (Å²) >= 11 is 0. The lowest BCUT2D eigenvalue weighted by atomic mass is 9.97. The maximum Gasteiger partial charge on any atom is 0.224 e. The predicted octanol–water partition coefficient (Wildman–Crippen LogP) is 3.12.